The van der Waals surface area contributed by atoms with Crippen LogP contribution in [0.25, 0.3) is 0 Å². The molecule has 1 aromatic rings. The van der Waals surface area contributed by atoms with E-state index >= 15 is 0 Å². The van der Waals surface area contributed by atoms with E-state index in [0.29, 0.717) is 18.2 Å². The fourth-order valence-corrected chi connectivity index (χ4v) is 3.32. The number of Topliss-reactive ketones (excluding diaryl/α,β-unsaturated/α-hetero) is 1. The SMILES string of the molecule is CCC1CCC(N(C)Cc2cc(C(C)=O)ccc2O)CC1. The Balaban J connectivity index is 2.01. The van der Waals surface area contributed by atoms with E-state index in [4.69, 9.17) is 0 Å². The molecule has 1 N–H and O–H groups in total. The lowest BCUT2D eigenvalue weighted by molar-refractivity contribution is 0.101. The summed E-state index contributed by atoms with van der Waals surface area (Å²) in [5, 5.41) is 10.0. The Morgan fingerprint density at radius 2 is 1.95 bits per heavy atom. The number of nitrogens with zero attached hydrogens (tertiary/aromatic N) is 1. The van der Waals surface area contributed by atoms with Crippen molar-refractivity contribution >= 4 is 5.78 Å². The van der Waals surface area contributed by atoms with Crippen molar-refractivity contribution in [3.05, 3.63) is 29.3 Å². The maximum Gasteiger partial charge on any atom is 0.159 e. The van der Waals surface area contributed by atoms with Crippen LogP contribution in [0, 0.1) is 5.92 Å². The maximum atomic E-state index is 11.5. The third-order valence-corrected chi connectivity index (χ3v) is 4.92. The molecule has 0 spiro atoms. The molecule has 2 rings (SSSR count). The molecule has 1 saturated carbocycles. The lowest BCUT2D eigenvalue weighted by atomic mass is 9.84. The molecule has 1 aliphatic carbocycles. The normalized spacial score (nSPS) is 22.5. The van der Waals surface area contributed by atoms with E-state index in [9.17, 15) is 9.90 Å². The van der Waals surface area contributed by atoms with E-state index in [0.717, 1.165) is 11.5 Å². The largest absolute Gasteiger partial charge is 0.508 e. The molecular formula is C18H27NO2. The second kappa shape index (κ2) is 7.08. The molecule has 0 unspecified atom stereocenters. The third kappa shape index (κ3) is 4.07. The molecule has 0 aromatic heterocycles. The average molecular weight is 289 g/mol. The van der Waals surface area contributed by atoms with E-state index < -0.39 is 0 Å². The molecule has 21 heavy (non-hydrogen) atoms. The average Bonchev–Trinajstić information content (AvgIpc) is 2.49. The molecule has 0 radical (unpaired) electrons. The molecule has 3 heteroatoms. The summed E-state index contributed by atoms with van der Waals surface area (Å²) in [6.07, 6.45) is 6.39. The van der Waals surface area contributed by atoms with E-state index in [-0.39, 0.29) is 11.5 Å². The number of aromatic hydroxyl groups is 1. The van der Waals surface area contributed by atoms with Gasteiger partial charge in [0.1, 0.15) is 5.75 Å². The highest BCUT2D eigenvalue weighted by Gasteiger charge is 2.23. The second-order valence-corrected chi connectivity index (χ2v) is 6.40. The Kier molecular flexibility index (Phi) is 5.40. The van der Waals surface area contributed by atoms with Crippen LogP contribution in [0.5, 0.6) is 5.75 Å². The number of phenolic OH excluding ortho intramolecular Hbond substituents is 1. The van der Waals surface area contributed by atoms with Gasteiger partial charge in [0.25, 0.3) is 0 Å². The molecule has 3 nitrogen and oxygen atoms in total. The van der Waals surface area contributed by atoms with Crippen molar-refractivity contribution in [3.8, 4) is 5.75 Å². The summed E-state index contributed by atoms with van der Waals surface area (Å²) in [6, 6.07) is 5.74. The van der Waals surface area contributed by atoms with Gasteiger partial charge in [-0.2, -0.15) is 0 Å². The standard InChI is InChI=1S/C18H27NO2/c1-4-14-5-8-17(9-6-14)19(3)12-16-11-15(13(2)20)7-10-18(16)21/h7,10-11,14,17,21H,4-6,8-9,12H2,1-3H3. The van der Waals surface area contributed by atoms with Gasteiger partial charge in [0.2, 0.25) is 0 Å². The van der Waals surface area contributed by atoms with Gasteiger partial charge in [-0.15, -0.1) is 0 Å². The molecule has 0 atom stereocenters. The summed E-state index contributed by atoms with van der Waals surface area (Å²) >= 11 is 0. The van der Waals surface area contributed by atoms with Gasteiger partial charge in [-0.3, -0.25) is 9.69 Å². The summed E-state index contributed by atoms with van der Waals surface area (Å²) in [4.78, 5) is 13.8. The first-order valence-corrected chi connectivity index (χ1v) is 8.04. The van der Waals surface area contributed by atoms with Gasteiger partial charge >= 0.3 is 0 Å². The molecule has 1 fully saturated rings. The van der Waals surface area contributed by atoms with Crippen molar-refractivity contribution in [1.82, 2.24) is 4.90 Å². The Hall–Kier alpha value is -1.35. The number of phenols is 1. The first kappa shape index (κ1) is 16.0. The zero-order valence-electron chi connectivity index (χ0n) is 13.4. The number of hydrogen-bond donors (Lipinski definition) is 1. The van der Waals surface area contributed by atoms with Gasteiger partial charge in [0.05, 0.1) is 0 Å². The van der Waals surface area contributed by atoms with E-state index in [1.54, 1.807) is 19.1 Å². The topological polar surface area (TPSA) is 40.5 Å². The summed E-state index contributed by atoms with van der Waals surface area (Å²) in [5.74, 6) is 1.22. The Labute approximate surface area is 128 Å². The number of carbonyl (C=O) groups is 1. The quantitative estimate of drug-likeness (QED) is 0.833. The lowest BCUT2D eigenvalue weighted by Gasteiger charge is -2.34. The van der Waals surface area contributed by atoms with Crippen molar-refractivity contribution in [1.29, 1.82) is 0 Å². The highest BCUT2D eigenvalue weighted by atomic mass is 16.3. The zero-order valence-corrected chi connectivity index (χ0v) is 13.4. The minimum atomic E-state index is 0.0438. The zero-order chi connectivity index (χ0) is 15.4. The first-order valence-electron chi connectivity index (χ1n) is 8.04. The number of hydrogen-bond acceptors (Lipinski definition) is 3. The van der Waals surface area contributed by atoms with Crippen LogP contribution < -0.4 is 0 Å². The summed E-state index contributed by atoms with van der Waals surface area (Å²) in [7, 11) is 2.12. The Morgan fingerprint density at radius 3 is 2.52 bits per heavy atom. The van der Waals surface area contributed by atoms with Crippen LogP contribution in [-0.4, -0.2) is 28.9 Å². The van der Waals surface area contributed by atoms with Gasteiger partial charge in [0, 0.05) is 23.7 Å². The molecule has 0 amide bonds. The van der Waals surface area contributed by atoms with Crippen molar-refractivity contribution in [3.63, 3.8) is 0 Å². The highest BCUT2D eigenvalue weighted by molar-refractivity contribution is 5.94. The second-order valence-electron chi connectivity index (χ2n) is 6.40. The number of rotatable bonds is 5. The summed E-state index contributed by atoms with van der Waals surface area (Å²) in [6.45, 7) is 4.54. The van der Waals surface area contributed by atoms with Gasteiger partial charge in [0.15, 0.2) is 5.78 Å². The van der Waals surface area contributed by atoms with Crippen molar-refractivity contribution in [2.75, 3.05) is 7.05 Å². The Morgan fingerprint density at radius 1 is 1.29 bits per heavy atom. The van der Waals surface area contributed by atoms with Crippen LogP contribution in [0.15, 0.2) is 18.2 Å². The Bertz CT molecular complexity index is 490. The van der Waals surface area contributed by atoms with Crippen LogP contribution in [-0.2, 0) is 6.54 Å². The van der Waals surface area contributed by atoms with Crippen molar-refractivity contribution in [2.45, 2.75) is 58.5 Å². The number of benzene rings is 1. The molecule has 116 valence electrons. The number of ketones is 1. The van der Waals surface area contributed by atoms with Crippen LogP contribution in [0.3, 0.4) is 0 Å². The molecule has 1 aliphatic rings. The molecule has 0 saturated heterocycles. The molecule has 0 aliphatic heterocycles. The maximum absolute atomic E-state index is 11.5. The highest BCUT2D eigenvalue weighted by Crippen LogP contribution is 2.30. The molecular weight excluding hydrogens is 262 g/mol. The monoisotopic (exact) mass is 289 g/mol. The fraction of sp³-hybridized carbons (Fsp3) is 0.611. The fourth-order valence-electron chi connectivity index (χ4n) is 3.32. The molecule has 1 aromatic carbocycles. The van der Waals surface area contributed by atoms with Crippen LogP contribution in [0.1, 0.15) is 61.9 Å². The summed E-state index contributed by atoms with van der Waals surface area (Å²) < 4.78 is 0. The van der Waals surface area contributed by atoms with Crippen LogP contribution in [0.2, 0.25) is 0 Å². The third-order valence-electron chi connectivity index (χ3n) is 4.92. The lowest BCUT2D eigenvalue weighted by Crippen LogP contribution is -2.34. The molecule has 0 heterocycles. The van der Waals surface area contributed by atoms with Crippen molar-refractivity contribution in [2.24, 2.45) is 5.92 Å². The van der Waals surface area contributed by atoms with Crippen LogP contribution >= 0.6 is 0 Å². The van der Waals surface area contributed by atoms with Gasteiger partial charge < -0.3 is 5.11 Å². The smallest absolute Gasteiger partial charge is 0.159 e. The predicted octanol–water partition coefficient (Wildman–Crippen LogP) is 4.00. The van der Waals surface area contributed by atoms with Gasteiger partial charge in [-0.25, -0.2) is 0 Å². The van der Waals surface area contributed by atoms with E-state index in [1.165, 1.54) is 32.1 Å². The van der Waals surface area contributed by atoms with Gasteiger partial charge in [-0.1, -0.05) is 13.3 Å². The van der Waals surface area contributed by atoms with Crippen LogP contribution in [0.4, 0.5) is 0 Å². The van der Waals surface area contributed by atoms with E-state index in [2.05, 4.69) is 18.9 Å². The summed E-state index contributed by atoms with van der Waals surface area (Å²) in [5.41, 5.74) is 1.52. The number of carbonyl (C=O) groups excluding carboxylic acids is 1. The minimum Gasteiger partial charge on any atom is -0.508 e. The van der Waals surface area contributed by atoms with Gasteiger partial charge in [-0.05, 0) is 63.8 Å². The first-order chi connectivity index (χ1) is 10.0. The predicted molar refractivity (Wildman–Crippen MR) is 85.6 cm³/mol. The molecule has 0 bridgehead atoms. The minimum absolute atomic E-state index is 0.0438. The van der Waals surface area contributed by atoms with E-state index in [1.807, 2.05) is 6.07 Å². The van der Waals surface area contributed by atoms with Crippen molar-refractivity contribution < 1.29 is 9.90 Å².